The largest absolute Gasteiger partial charge is 0.497 e. The number of alkyl halides is 1. The van der Waals surface area contributed by atoms with Crippen molar-refractivity contribution in [3.63, 3.8) is 0 Å². The van der Waals surface area contributed by atoms with Gasteiger partial charge in [-0.3, -0.25) is 4.90 Å². The minimum absolute atomic E-state index is 0.121. The maximum atomic E-state index is 13.9. The Hall–Kier alpha value is -3.05. The average molecular weight is 421 g/mol. The summed E-state index contributed by atoms with van der Waals surface area (Å²) in [4.78, 5) is 4.49. The summed E-state index contributed by atoms with van der Waals surface area (Å²) < 4.78 is 25.0. The molecule has 31 heavy (non-hydrogen) atoms. The minimum atomic E-state index is -0.356. The molecule has 0 radical (unpaired) electrons. The molecule has 0 amide bonds. The van der Waals surface area contributed by atoms with E-state index < -0.39 is 0 Å². The summed E-state index contributed by atoms with van der Waals surface area (Å²) in [6.07, 6.45) is 0. The first-order chi connectivity index (χ1) is 15.2. The molecule has 1 atom stereocenters. The van der Waals surface area contributed by atoms with Gasteiger partial charge < -0.3 is 14.4 Å². The lowest BCUT2D eigenvalue weighted by atomic mass is 10.1. The van der Waals surface area contributed by atoms with Gasteiger partial charge in [0, 0.05) is 31.9 Å². The highest BCUT2D eigenvalue weighted by Gasteiger charge is 2.27. The molecule has 1 heterocycles. The Balaban J connectivity index is 1.33. The molecular weight excluding hydrogens is 391 g/mol. The molecule has 1 fully saturated rings. The normalized spacial score (nSPS) is 16.8. The van der Waals surface area contributed by atoms with Crippen LogP contribution < -0.4 is 14.4 Å². The molecule has 0 bridgehead atoms. The maximum absolute atomic E-state index is 13.9. The third-order valence-electron chi connectivity index (χ3n) is 5.78. The van der Waals surface area contributed by atoms with Crippen molar-refractivity contribution in [3.05, 3.63) is 90.0 Å². The molecule has 3 aromatic carbocycles. The molecular formula is C26H29FN2O2. The highest BCUT2D eigenvalue weighted by molar-refractivity contribution is 5.49. The predicted octanol–water partition coefficient (Wildman–Crippen LogP) is 4.93. The van der Waals surface area contributed by atoms with E-state index in [0.717, 1.165) is 42.4 Å². The van der Waals surface area contributed by atoms with E-state index in [0.29, 0.717) is 13.2 Å². The van der Waals surface area contributed by atoms with Crippen molar-refractivity contribution in [1.82, 2.24) is 4.90 Å². The Morgan fingerprint density at radius 1 is 0.839 bits per heavy atom. The molecule has 0 saturated carbocycles. The third-order valence-corrected chi connectivity index (χ3v) is 5.78. The van der Waals surface area contributed by atoms with Crippen LogP contribution in [0.3, 0.4) is 0 Å². The van der Waals surface area contributed by atoms with E-state index in [4.69, 9.17) is 9.47 Å². The van der Waals surface area contributed by atoms with Gasteiger partial charge in [0.25, 0.3) is 0 Å². The molecule has 1 saturated heterocycles. The van der Waals surface area contributed by atoms with E-state index in [1.807, 2.05) is 42.5 Å². The maximum Gasteiger partial charge on any atom is 0.119 e. The molecule has 1 aliphatic rings. The Labute approximate surface area is 183 Å². The van der Waals surface area contributed by atoms with Crippen LogP contribution in [-0.4, -0.2) is 44.4 Å². The molecule has 4 nitrogen and oxygen atoms in total. The van der Waals surface area contributed by atoms with Gasteiger partial charge in [-0.1, -0.05) is 42.5 Å². The summed E-state index contributed by atoms with van der Waals surface area (Å²) in [5.41, 5.74) is 3.42. The average Bonchev–Trinajstić information content (AvgIpc) is 2.84. The van der Waals surface area contributed by atoms with E-state index in [2.05, 4.69) is 46.2 Å². The number of hydrogen-bond acceptors (Lipinski definition) is 4. The molecule has 3 aromatic rings. The Morgan fingerprint density at radius 2 is 1.55 bits per heavy atom. The van der Waals surface area contributed by atoms with Crippen LogP contribution in [0, 0.1) is 0 Å². The number of piperazine rings is 1. The summed E-state index contributed by atoms with van der Waals surface area (Å²) in [6.45, 7) is 3.32. The van der Waals surface area contributed by atoms with Crippen LogP contribution in [0.2, 0.25) is 0 Å². The topological polar surface area (TPSA) is 24.9 Å². The highest BCUT2D eigenvalue weighted by atomic mass is 19.1. The molecule has 5 heteroatoms. The first kappa shape index (κ1) is 21.2. The summed E-state index contributed by atoms with van der Waals surface area (Å²) in [5, 5.41) is 0. The second-order valence-corrected chi connectivity index (χ2v) is 7.84. The lowest BCUT2D eigenvalue weighted by Gasteiger charge is -2.41. The SMILES string of the molecule is COc1ccc(CN2CCN(c3ccc(OCc4ccccc4)cc3)C[C@@H]2CF)cc1. The van der Waals surface area contributed by atoms with Crippen LogP contribution in [0.5, 0.6) is 11.5 Å². The summed E-state index contributed by atoms with van der Waals surface area (Å²) in [7, 11) is 1.66. The minimum Gasteiger partial charge on any atom is -0.497 e. The molecule has 0 aliphatic carbocycles. The van der Waals surface area contributed by atoms with Crippen molar-refractivity contribution < 1.29 is 13.9 Å². The van der Waals surface area contributed by atoms with Crippen molar-refractivity contribution in [2.75, 3.05) is 38.3 Å². The van der Waals surface area contributed by atoms with Gasteiger partial charge in [0.2, 0.25) is 0 Å². The lowest BCUT2D eigenvalue weighted by Crippen LogP contribution is -2.53. The second kappa shape index (κ2) is 10.3. The summed E-state index contributed by atoms with van der Waals surface area (Å²) in [5.74, 6) is 1.68. The van der Waals surface area contributed by atoms with Gasteiger partial charge in [-0.2, -0.15) is 0 Å². The van der Waals surface area contributed by atoms with E-state index >= 15 is 0 Å². The van der Waals surface area contributed by atoms with Gasteiger partial charge in [-0.15, -0.1) is 0 Å². The quantitative estimate of drug-likeness (QED) is 0.516. The number of ether oxygens (including phenoxy) is 2. The van der Waals surface area contributed by atoms with E-state index in [-0.39, 0.29) is 12.7 Å². The number of hydrogen-bond donors (Lipinski definition) is 0. The van der Waals surface area contributed by atoms with Gasteiger partial charge in [-0.25, -0.2) is 4.39 Å². The number of nitrogens with zero attached hydrogens (tertiary/aromatic N) is 2. The number of methoxy groups -OCH3 is 1. The van der Waals surface area contributed by atoms with Crippen LogP contribution >= 0.6 is 0 Å². The number of anilines is 1. The smallest absolute Gasteiger partial charge is 0.119 e. The predicted molar refractivity (Wildman–Crippen MR) is 123 cm³/mol. The van der Waals surface area contributed by atoms with Gasteiger partial charge in [0.1, 0.15) is 24.8 Å². The molecule has 0 N–H and O–H groups in total. The summed E-state index contributed by atoms with van der Waals surface area (Å²) in [6, 6.07) is 26.1. The lowest BCUT2D eigenvalue weighted by molar-refractivity contribution is 0.141. The molecule has 0 unspecified atom stereocenters. The number of benzene rings is 3. The zero-order valence-electron chi connectivity index (χ0n) is 17.9. The first-order valence-electron chi connectivity index (χ1n) is 10.7. The summed E-state index contributed by atoms with van der Waals surface area (Å²) >= 11 is 0. The highest BCUT2D eigenvalue weighted by Crippen LogP contribution is 2.24. The van der Waals surface area contributed by atoms with E-state index in [1.165, 1.54) is 5.56 Å². The van der Waals surface area contributed by atoms with Gasteiger partial charge >= 0.3 is 0 Å². The standard InChI is InChI=1S/C26H29FN2O2/c1-30-25-11-7-21(8-12-25)18-28-15-16-29(19-24(28)17-27)23-9-13-26(14-10-23)31-20-22-5-3-2-4-6-22/h2-14,24H,15-20H2,1H3/t24-/m0/s1. The van der Waals surface area contributed by atoms with Crippen LogP contribution in [0.1, 0.15) is 11.1 Å². The fraction of sp³-hybridized carbons (Fsp3) is 0.308. The van der Waals surface area contributed by atoms with Gasteiger partial charge in [-0.05, 0) is 47.5 Å². The molecule has 1 aliphatic heterocycles. The zero-order valence-corrected chi connectivity index (χ0v) is 17.9. The molecule has 162 valence electrons. The van der Waals surface area contributed by atoms with Crippen LogP contribution in [0.15, 0.2) is 78.9 Å². The van der Waals surface area contributed by atoms with Crippen molar-refractivity contribution in [3.8, 4) is 11.5 Å². The zero-order chi connectivity index (χ0) is 21.5. The second-order valence-electron chi connectivity index (χ2n) is 7.84. The third kappa shape index (κ3) is 5.56. The Morgan fingerprint density at radius 3 is 2.23 bits per heavy atom. The molecule has 0 spiro atoms. The fourth-order valence-electron chi connectivity index (χ4n) is 3.94. The van der Waals surface area contributed by atoms with Crippen LogP contribution in [0.4, 0.5) is 10.1 Å². The number of rotatable bonds is 8. The van der Waals surface area contributed by atoms with Crippen LogP contribution in [0.25, 0.3) is 0 Å². The van der Waals surface area contributed by atoms with Crippen molar-refractivity contribution in [1.29, 1.82) is 0 Å². The Kier molecular flexibility index (Phi) is 7.05. The van der Waals surface area contributed by atoms with E-state index in [9.17, 15) is 4.39 Å². The molecule has 4 rings (SSSR count). The monoisotopic (exact) mass is 420 g/mol. The molecule has 0 aromatic heterocycles. The van der Waals surface area contributed by atoms with Crippen LogP contribution in [-0.2, 0) is 13.2 Å². The van der Waals surface area contributed by atoms with E-state index in [1.54, 1.807) is 7.11 Å². The van der Waals surface area contributed by atoms with Crippen molar-refractivity contribution in [2.45, 2.75) is 19.2 Å². The Bertz CT molecular complexity index is 932. The van der Waals surface area contributed by atoms with Crippen molar-refractivity contribution >= 4 is 5.69 Å². The number of halogens is 1. The van der Waals surface area contributed by atoms with Gasteiger partial charge in [0.15, 0.2) is 0 Å². The fourth-order valence-corrected chi connectivity index (χ4v) is 3.94. The van der Waals surface area contributed by atoms with Gasteiger partial charge in [0.05, 0.1) is 13.2 Å². The first-order valence-corrected chi connectivity index (χ1v) is 10.7. The van der Waals surface area contributed by atoms with Crippen molar-refractivity contribution in [2.24, 2.45) is 0 Å².